The number of phenols is 1. The number of rotatable bonds is 38. The maximum absolute atomic E-state index is 15.1. The lowest BCUT2D eigenvalue weighted by Crippen LogP contribution is -2.61. The van der Waals surface area contributed by atoms with Crippen LogP contribution in [0.15, 0.2) is 158 Å². The largest absolute Gasteiger partial charge is 0.508 e. The van der Waals surface area contributed by atoms with Gasteiger partial charge in [0.2, 0.25) is 65.0 Å². The molecule has 1 aliphatic rings. The molecule has 0 radical (unpaired) electrons. The minimum absolute atomic E-state index is 0.0243. The molecule has 1 fully saturated rings. The minimum Gasteiger partial charge on any atom is -0.508 e. The van der Waals surface area contributed by atoms with Gasteiger partial charge in [0.25, 0.3) is 0 Å². The summed E-state index contributed by atoms with van der Waals surface area (Å²) in [6.45, 7) is 13.1. The Morgan fingerprint density at radius 3 is 1.35 bits per heavy atom. The summed E-state index contributed by atoms with van der Waals surface area (Å²) in [6, 6.07) is 32.4. The highest BCUT2D eigenvalue weighted by Gasteiger charge is 2.41. The van der Waals surface area contributed by atoms with Crippen LogP contribution < -0.4 is 58.9 Å². The minimum atomic E-state index is -1.77. The smallest absolute Gasteiger partial charge is 0.245 e. The normalized spacial score (nSPS) is 15.4. The Hall–Kier alpha value is -10.5. The Morgan fingerprint density at radius 2 is 0.885 bits per heavy atom. The van der Waals surface area contributed by atoms with Crippen LogP contribution in [0, 0.1) is 11.3 Å². The molecule has 104 heavy (non-hydrogen) atoms. The van der Waals surface area contributed by atoms with Crippen molar-refractivity contribution in [1.82, 2.24) is 58.1 Å². The van der Waals surface area contributed by atoms with E-state index in [9.17, 15) is 53.4 Å². The summed E-state index contributed by atoms with van der Waals surface area (Å²) in [5.74, 6) is -8.47. The quantitative estimate of drug-likeness (QED) is 0.0246. The number of aliphatic hydroxyl groups excluding tert-OH is 1. The van der Waals surface area contributed by atoms with E-state index in [0.717, 1.165) is 16.3 Å². The van der Waals surface area contributed by atoms with Crippen molar-refractivity contribution in [3.05, 3.63) is 186 Å². The molecular formula is C79H102N12O13. The average molecular weight is 1430 g/mol. The highest BCUT2D eigenvalue weighted by atomic mass is 16.3. The van der Waals surface area contributed by atoms with Crippen molar-refractivity contribution in [3.8, 4) is 5.75 Å². The van der Waals surface area contributed by atoms with Crippen molar-refractivity contribution in [2.75, 3.05) is 26.2 Å². The molecule has 11 amide bonds. The number of primary amides is 1. The Morgan fingerprint density at radius 1 is 0.481 bits per heavy atom. The van der Waals surface area contributed by atoms with E-state index in [2.05, 4.69) is 73.9 Å². The third kappa shape index (κ3) is 26.1. The van der Waals surface area contributed by atoms with Crippen LogP contribution in [0.4, 0.5) is 0 Å². The Balaban J connectivity index is 1.14. The summed E-state index contributed by atoms with van der Waals surface area (Å²) in [4.78, 5) is 158. The van der Waals surface area contributed by atoms with Crippen LogP contribution >= 0.6 is 0 Å². The summed E-state index contributed by atoms with van der Waals surface area (Å²) in [5.41, 5.74) is 8.44. The lowest BCUT2D eigenvalue weighted by Gasteiger charge is -2.31. The molecule has 25 heteroatoms. The lowest BCUT2D eigenvalue weighted by atomic mass is 9.97. The van der Waals surface area contributed by atoms with E-state index in [1.807, 2.05) is 56.3 Å². The van der Waals surface area contributed by atoms with Crippen LogP contribution in [-0.2, 0) is 84.8 Å². The van der Waals surface area contributed by atoms with Crippen molar-refractivity contribution < 1.29 is 63.0 Å². The van der Waals surface area contributed by atoms with E-state index in [-0.39, 0.29) is 68.6 Å². The first-order chi connectivity index (χ1) is 49.6. The number of aromatic hydroxyl groups is 1. The van der Waals surface area contributed by atoms with Crippen molar-refractivity contribution in [2.45, 2.75) is 180 Å². The van der Waals surface area contributed by atoms with Crippen molar-refractivity contribution in [2.24, 2.45) is 17.1 Å². The number of phenolic OH excluding ortho intramolecular Hbond substituents is 1. The SMILES string of the molecule is CC(=O)N[C@@H](Cc1ccc2ccccc2c1)C(=O)N[C@@H](Cc1ccccc1)C(=O)N[C@@H](Cc1ccccc1)C(=O)N[C@@H](CO)C(=O)N[C@@H](Cc1ccc(O)cc1)C(=O)N[C@@H](CCCCNCC(C)(C)C)C(=O)N[C@@H](Cc1ccccc1)C(=O)N[C@@H](CC(C)C)C(=O)N1CCC[C@@H]1C(=O)N[C@@H](C)C(N)=O. The molecule has 1 heterocycles. The molecule has 1 saturated heterocycles. The number of likely N-dealkylation sites (tertiary alicyclic amines) is 1. The summed E-state index contributed by atoms with van der Waals surface area (Å²) in [5, 5.41) is 51.3. The molecule has 0 aromatic heterocycles. The maximum Gasteiger partial charge on any atom is 0.245 e. The zero-order valence-corrected chi connectivity index (χ0v) is 60.4. The van der Waals surface area contributed by atoms with Gasteiger partial charge in [0.15, 0.2) is 0 Å². The molecule has 10 atom stereocenters. The summed E-state index contributed by atoms with van der Waals surface area (Å²) < 4.78 is 0. The van der Waals surface area contributed by atoms with Crippen LogP contribution in [0.2, 0.25) is 0 Å². The van der Waals surface area contributed by atoms with Crippen LogP contribution in [0.1, 0.15) is 115 Å². The number of hydrogen-bond donors (Lipinski definition) is 13. The van der Waals surface area contributed by atoms with Gasteiger partial charge in [-0.05, 0) is 121 Å². The number of nitrogens with one attached hydrogen (secondary N) is 10. The number of benzene rings is 6. The van der Waals surface area contributed by atoms with Gasteiger partial charge in [-0.25, -0.2) is 0 Å². The number of aliphatic hydroxyl groups is 1. The standard InChI is InChI=1S/C79H102N12O13/c1-49(2)40-66(78(104)91-39-21-31-68(91)77(103)82-50(3)69(80)95)89-74(100)63(43-53-24-13-9-14-25-53)85-70(96)60(30-19-20-38-81-48-79(5,6)7)84-72(98)65(45-55-33-36-59(94)37-34-55)88-76(102)67(47-92)90-75(101)64(44-54-26-15-10-16-27-54)87-73(99)62(42-52-22-11-8-12-23-52)86-71(97)61(83-51(4)93)46-56-32-35-57-28-17-18-29-58(57)41-56/h8-18,22-29,32-37,41,49-50,60-68,81,92,94H,19-21,30-31,38-40,42-48H2,1-7H3,(H2,80,95)(H,82,103)(H,83,93)(H,84,98)(H,85,96)(H,86,97)(H,87,99)(H,88,102)(H,89,100)(H,90,101)/t50-,60-,61-,62-,63-,64-,65-,66-,67-,68+/m0/s1. The van der Waals surface area contributed by atoms with E-state index < -0.39 is 132 Å². The highest BCUT2D eigenvalue weighted by molar-refractivity contribution is 5.99. The van der Waals surface area contributed by atoms with Gasteiger partial charge >= 0.3 is 0 Å². The third-order valence-electron chi connectivity index (χ3n) is 17.8. The van der Waals surface area contributed by atoms with Crippen LogP contribution in [-0.4, -0.2) is 167 Å². The summed E-state index contributed by atoms with van der Waals surface area (Å²) in [6.07, 6.45) is 1.40. The first-order valence-corrected chi connectivity index (χ1v) is 35.6. The van der Waals surface area contributed by atoms with Crippen molar-refractivity contribution >= 4 is 75.8 Å². The topological polar surface area (TPSA) is 378 Å². The molecule has 556 valence electrons. The van der Waals surface area contributed by atoms with E-state index in [4.69, 9.17) is 5.73 Å². The molecule has 0 unspecified atom stereocenters. The molecule has 25 nitrogen and oxygen atoms in total. The molecule has 6 aromatic rings. The van der Waals surface area contributed by atoms with Gasteiger partial charge in [0, 0.05) is 45.6 Å². The Bertz CT molecular complexity index is 3880. The number of carbonyl (C=O) groups excluding carboxylic acids is 11. The van der Waals surface area contributed by atoms with E-state index in [1.165, 1.54) is 43.0 Å². The Kier molecular flexibility index (Phi) is 30.9. The Labute approximate surface area is 608 Å². The number of hydrogen-bond acceptors (Lipinski definition) is 14. The summed E-state index contributed by atoms with van der Waals surface area (Å²) >= 11 is 0. The molecule has 1 aliphatic heterocycles. The van der Waals surface area contributed by atoms with E-state index in [1.54, 1.807) is 91.0 Å². The number of amides is 11. The second kappa shape index (κ2) is 39.8. The predicted molar refractivity (Wildman–Crippen MR) is 395 cm³/mol. The first-order valence-electron chi connectivity index (χ1n) is 35.6. The van der Waals surface area contributed by atoms with Crippen molar-refractivity contribution in [1.29, 1.82) is 0 Å². The molecule has 7 rings (SSSR count). The number of carbonyl (C=O) groups is 11. The maximum atomic E-state index is 15.1. The average Bonchev–Trinajstić information content (AvgIpc) is 1.59. The van der Waals surface area contributed by atoms with Gasteiger partial charge in [0.1, 0.15) is 66.2 Å². The van der Waals surface area contributed by atoms with Gasteiger partial charge in [0.05, 0.1) is 6.61 Å². The molecule has 0 aliphatic carbocycles. The number of fused-ring (bicyclic) bond motifs is 1. The first kappa shape index (κ1) is 80.8. The monoisotopic (exact) mass is 1430 g/mol. The second-order valence-corrected chi connectivity index (χ2v) is 28.4. The molecule has 0 spiro atoms. The highest BCUT2D eigenvalue weighted by Crippen LogP contribution is 2.23. The fourth-order valence-corrected chi connectivity index (χ4v) is 12.3. The van der Waals surface area contributed by atoms with Gasteiger partial charge in [-0.1, -0.05) is 180 Å². The fraction of sp³-hybridized carbons (Fsp3) is 0.430. The third-order valence-corrected chi connectivity index (χ3v) is 17.8. The fourth-order valence-electron chi connectivity index (χ4n) is 12.3. The predicted octanol–water partition coefficient (Wildman–Crippen LogP) is 3.78. The molecule has 6 aromatic carbocycles. The van der Waals surface area contributed by atoms with E-state index in [0.29, 0.717) is 61.0 Å². The molecular weight excluding hydrogens is 1320 g/mol. The molecule has 0 saturated carbocycles. The zero-order chi connectivity index (χ0) is 75.5. The summed E-state index contributed by atoms with van der Waals surface area (Å²) in [7, 11) is 0. The number of unbranched alkanes of at least 4 members (excludes halogenated alkanes) is 1. The van der Waals surface area contributed by atoms with Gasteiger partial charge < -0.3 is 74.0 Å². The molecule has 0 bridgehead atoms. The van der Waals surface area contributed by atoms with E-state index >= 15 is 9.59 Å². The molecule has 14 N–H and O–H groups in total. The van der Waals surface area contributed by atoms with Crippen LogP contribution in [0.5, 0.6) is 5.75 Å². The number of nitrogens with two attached hydrogens (primary N) is 1. The van der Waals surface area contributed by atoms with Crippen molar-refractivity contribution in [3.63, 3.8) is 0 Å². The van der Waals surface area contributed by atoms with Gasteiger partial charge in [-0.3, -0.25) is 52.7 Å². The van der Waals surface area contributed by atoms with Crippen LogP contribution in [0.25, 0.3) is 10.8 Å². The second-order valence-electron chi connectivity index (χ2n) is 28.4. The van der Waals surface area contributed by atoms with Gasteiger partial charge in [-0.15, -0.1) is 0 Å². The lowest BCUT2D eigenvalue weighted by molar-refractivity contribution is -0.142. The van der Waals surface area contributed by atoms with Gasteiger partial charge in [-0.2, -0.15) is 0 Å². The van der Waals surface area contributed by atoms with Crippen LogP contribution in [0.3, 0.4) is 0 Å². The number of nitrogens with zero attached hydrogens (tertiary/aromatic N) is 1. The zero-order valence-electron chi connectivity index (χ0n) is 60.4.